The van der Waals surface area contributed by atoms with E-state index in [1.54, 1.807) is 0 Å². The van der Waals surface area contributed by atoms with Crippen molar-refractivity contribution in [1.82, 2.24) is 0 Å². The molecule has 0 saturated heterocycles. The van der Waals surface area contributed by atoms with Crippen LogP contribution in [-0.2, 0) is 18.8 Å². The molecule has 0 rings (SSSR count). The van der Waals surface area contributed by atoms with Crippen molar-refractivity contribution in [3.63, 3.8) is 0 Å². The highest BCUT2D eigenvalue weighted by atomic mass is 32.3. The lowest BCUT2D eigenvalue weighted by atomic mass is 10.7. The number of rotatable bonds is 6. The van der Waals surface area contributed by atoms with E-state index < -0.39 is 10.4 Å². The maximum atomic E-state index is 10.6. The van der Waals surface area contributed by atoms with Gasteiger partial charge in [0.05, 0.1) is 13.2 Å². The summed E-state index contributed by atoms with van der Waals surface area (Å²) in [6.07, 6.45) is 2.63. The van der Waals surface area contributed by atoms with Crippen molar-refractivity contribution in [3.8, 4) is 0 Å². The van der Waals surface area contributed by atoms with E-state index in [9.17, 15) is 8.42 Å². The summed E-state index contributed by atoms with van der Waals surface area (Å²) in [4.78, 5) is 0. The fourth-order valence-electron chi connectivity index (χ4n) is 0.297. The Bertz CT molecular complexity index is 199. The van der Waals surface area contributed by atoms with E-state index in [1.165, 1.54) is 12.2 Å². The Morgan fingerprint density at radius 3 is 1.73 bits per heavy atom. The summed E-state index contributed by atoms with van der Waals surface area (Å²) in [6, 6.07) is 0. The highest BCUT2D eigenvalue weighted by molar-refractivity contribution is 7.81. The summed E-state index contributed by atoms with van der Waals surface area (Å²) in [5.41, 5.74) is 0. The quantitative estimate of drug-likeness (QED) is 0.560. The number of hydrogen-bond acceptors (Lipinski definition) is 4. The first-order chi connectivity index (χ1) is 5.12. The second kappa shape index (κ2) is 5.06. The van der Waals surface area contributed by atoms with Crippen LogP contribution in [0.25, 0.3) is 0 Å². The van der Waals surface area contributed by atoms with Gasteiger partial charge in [0.15, 0.2) is 0 Å². The van der Waals surface area contributed by atoms with E-state index in [0.717, 1.165) is 0 Å². The lowest BCUT2D eigenvalue weighted by Gasteiger charge is -2.00. The first-order valence-electron chi connectivity index (χ1n) is 2.88. The summed E-state index contributed by atoms with van der Waals surface area (Å²) in [6.45, 7) is 6.39. The fraction of sp³-hybridized carbons (Fsp3) is 0.333. The highest BCUT2D eigenvalue weighted by Crippen LogP contribution is 1.94. The summed E-state index contributed by atoms with van der Waals surface area (Å²) in [7, 11) is -3.85. The van der Waals surface area contributed by atoms with E-state index in [4.69, 9.17) is 0 Å². The van der Waals surface area contributed by atoms with Gasteiger partial charge in [-0.15, -0.1) is 13.2 Å². The highest BCUT2D eigenvalue weighted by Gasteiger charge is 2.08. The molecular weight excluding hydrogens is 168 g/mol. The molecule has 0 unspecified atom stereocenters. The van der Waals surface area contributed by atoms with Crippen LogP contribution in [-0.4, -0.2) is 21.6 Å². The molecule has 0 amide bonds. The lowest BCUT2D eigenvalue weighted by Crippen LogP contribution is -2.09. The molecule has 0 aromatic rings. The Morgan fingerprint density at radius 1 is 1.09 bits per heavy atom. The van der Waals surface area contributed by atoms with E-state index >= 15 is 0 Å². The van der Waals surface area contributed by atoms with Crippen LogP contribution < -0.4 is 0 Å². The van der Waals surface area contributed by atoms with Crippen molar-refractivity contribution in [2.45, 2.75) is 0 Å². The van der Waals surface area contributed by atoms with E-state index in [2.05, 4.69) is 21.5 Å². The van der Waals surface area contributed by atoms with E-state index in [-0.39, 0.29) is 13.2 Å². The molecule has 0 aliphatic carbocycles. The van der Waals surface area contributed by atoms with Crippen molar-refractivity contribution in [2.75, 3.05) is 13.2 Å². The second-order valence-corrected chi connectivity index (χ2v) is 2.84. The van der Waals surface area contributed by atoms with Gasteiger partial charge in [-0.05, 0) is 0 Å². The summed E-state index contributed by atoms with van der Waals surface area (Å²) in [5.74, 6) is 0. The van der Waals surface area contributed by atoms with Gasteiger partial charge in [0.25, 0.3) is 0 Å². The van der Waals surface area contributed by atoms with E-state index in [1.807, 2.05) is 0 Å². The number of hydrogen-bond donors (Lipinski definition) is 0. The molecule has 0 aliphatic rings. The first-order valence-corrected chi connectivity index (χ1v) is 4.21. The van der Waals surface area contributed by atoms with Gasteiger partial charge in [0, 0.05) is 0 Å². The van der Waals surface area contributed by atoms with Crippen LogP contribution in [0.1, 0.15) is 0 Å². The molecule has 0 radical (unpaired) electrons. The molecule has 0 aromatic carbocycles. The predicted octanol–water partition coefficient (Wildman–Crippen LogP) is 0.636. The monoisotopic (exact) mass is 178 g/mol. The summed E-state index contributed by atoms with van der Waals surface area (Å²) < 4.78 is 29.7. The van der Waals surface area contributed by atoms with Crippen LogP contribution >= 0.6 is 0 Å². The molecule has 0 saturated carbocycles. The molecular formula is C6H10O4S. The van der Waals surface area contributed by atoms with Gasteiger partial charge in [0.1, 0.15) is 0 Å². The molecule has 0 fully saturated rings. The van der Waals surface area contributed by atoms with Gasteiger partial charge in [-0.25, -0.2) is 8.37 Å². The molecule has 0 aliphatic heterocycles. The van der Waals surface area contributed by atoms with Crippen LogP contribution in [0.4, 0.5) is 0 Å². The molecule has 64 valence electrons. The van der Waals surface area contributed by atoms with Gasteiger partial charge in [0.2, 0.25) is 0 Å². The Balaban J connectivity index is 3.80. The minimum Gasteiger partial charge on any atom is -0.244 e. The standard InChI is InChI=1S/C6H10O4S/c1-3-5-9-11(7,8)10-6-4-2/h3-4H,1-2,5-6H2. The molecule has 0 N–H and O–H groups in total. The molecule has 0 spiro atoms. The van der Waals surface area contributed by atoms with Gasteiger partial charge < -0.3 is 0 Å². The van der Waals surface area contributed by atoms with Crippen LogP contribution in [0.5, 0.6) is 0 Å². The zero-order valence-electron chi connectivity index (χ0n) is 6.02. The van der Waals surface area contributed by atoms with Gasteiger partial charge >= 0.3 is 10.4 Å². The first kappa shape index (κ1) is 10.3. The maximum absolute atomic E-state index is 10.6. The van der Waals surface area contributed by atoms with Gasteiger partial charge in [-0.2, -0.15) is 8.42 Å². The minimum atomic E-state index is -3.85. The van der Waals surface area contributed by atoms with Crippen LogP contribution in [0.15, 0.2) is 25.3 Å². The Kier molecular flexibility index (Phi) is 4.76. The summed E-state index contributed by atoms with van der Waals surface area (Å²) >= 11 is 0. The molecule has 0 heterocycles. The Labute approximate surface area is 66.5 Å². The van der Waals surface area contributed by atoms with Crippen molar-refractivity contribution in [3.05, 3.63) is 25.3 Å². The van der Waals surface area contributed by atoms with Crippen molar-refractivity contribution in [2.24, 2.45) is 0 Å². The molecule has 0 bridgehead atoms. The SMILES string of the molecule is C=CCOS(=O)(=O)OCC=C. The zero-order chi connectivity index (χ0) is 8.74. The van der Waals surface area contributed by atoms with Crippen molar-refractivity contribution < 1.29 is 16.8 Å². The normalized spacial score (nSPS) is 10.9. The minimum absolute atomic E-state index is 0.0839. The summed E-state index contributed by atoms with van der Waals surface area (Å²) in [5, 5.41) is 0. The van der Waals surface area contributed by atoms with Crippen molar-refractivity contribution in [1.29, 1.82) is 0 Å². The van der Waals surface area contributed by atoms with Crippen molar-refractivity contribution >= 4 is 10.4 Å². The third-order valence-corrected chi connectivity index (χ3v) is 1.51. The third kappa shape index (κ3) is 5.78. The van der Waals surface area contributed by atoms with Crippen LogP contribution in [0, 0.1) is 0 Å². The Morgan fingerprint density at radius 2 is 1.45 bits per heavy atom. The lowest BCUT2D eigenvalue weighted by molar-refractivity contribution is 0.247. The Hall–Kier alpha value is -0.650. The largest absolute Gasteiger partial charge is 0.400 e. The van der Waals surface area contributed by atoms with Crippen LogP contribution in [0.3, 0.4) is 0 Å². The molecule has 5 heteroatoms. The van der Waals surface area contributed by atoms with Crippen LogP contribution in [0.2, 0.25) is 0 Å². The smallest absolute Gasteiger partial charge is 0.244 e. The third-order valence-electron chi connectivity index (χ3n) is 0.660. The van der Waals surface area contributed by atoms with E-state index in [0.29, 0.717) is 0 Å². The average molecular weight is 178 g/mol. The van der Waals surface area contributed by atoms with Gasteiger partial charge in [-0.3, -0.25) is 0 Å². The van der Waals surface area contributed by atoms with Gasteiger partial charge in [-0.1, -0.05) is 12.2 Å². The molecule has 11 heavy (non-hydrogen) atoms. The zero-order valence-corrected chi connectivity index (χ0v) is 6.84. The molecule has 0 atom stereocenters. The molecule has 0 aromatic heterocycles. The maximum Gasteiger partial charge on any atom is 0.400 e. The predicted molar refractivity (Wildman–Crippen MR) is 41.2 cm³/mol. The molecule has 4 nitrogen and oxygen atoms in total. The fourth-order valence-corrected chi connectivity index (χ4v) is 0.891. The second-order valence-electron chi connectivity index (χ2n) is 1.55. The average Bonchev–Trinajstić information content (AvgIpc) is 1.97. The topological polar surface area (TPSA) is 52.6 Å².